The molecular weight excluding hydrogens is 318 g/mol. The van der Waals surface area contributed by atoms with Crippen molar-refractivity contribution in [3.8, 4) is 0 Å². The number of rotatable bonds is 4. The van der Waals surface area contributed by atoms with Crippen LogP contribution in [0, 0.1) is 0 Å². The quantitative estimate of drug-likeness (QED) is 0.909. The van der Waals surface area contributed by atoms with Crippen LogP contribution < -0.4 is 10.2 Å². The molecule has 0 saturated carbocycles. The van der Waals surface area contributed by atoms with Gasteiger partial charge in [-0.05, 0) is 37.5 Å². The summed E-state index contributed by atoms with van der Waals surface area (Å²) in [6.45, 7) is 6.93. The molecule has 2 amide bonds. The topological polar surface area (TPSA) is 54.0 Å². The largest absolute Gasteiger partial charge is 0.380 e. The average Bonchev–Trinajstić information content (AvgIpc) is 2.68. The molecule has 6 heteroatoms. The van der Waals surface area contributed by atoms with Gasteiger partial charge in [-0.1, -0.05) is 12.1 Å². The number of morpholine rings is 1. The van der Waals surface area contributed by atoms with E-state index in [-0.39, 0.29) is 18.2 Å². The number of hydrogen-bond acceptors (Lipinski definition) is 4. The van der Waals surface area contributed by atoms with Crippen LogP contribution in [0.25, 0.3) is 0 Å². The molecule has 0 aromatic heterocycles. The smallest absolute Gasteiger partial charge is 0.317 e. The molecule has 2 aliphatic rings. The van der Waals surface area contributed by atoms with Gasteiger partial charge in [-0.25, -0.2) is 4.79 Å². The Morgan fingerprint density at radius 2 is 1.96 bits per heavy atom. The van der Waals surface area contributed by atoms with Crippen molar-refractivity contribution < 1.29 is 14.3 Å². The average molecular weight is 347 g/mol. The predicted octanol–water partition coefficient (Wildman–Crippen LogP) is 2.40. The maximum atomic E-state index is 12.5. The maximum absolute atomic E-state index is 12.5. The lowest BCUT2D eigenvalue weighted by molar-refractivity contribution is 0.0431. The number of benzene rings is 1. The van der Waals surface area contributed by atoms with Crippen molar-refractivity contribution in [3.05, 3.63) is 29.8 Å². The molecule has 0 spiro atoms. The first-order valence-corrected chi connectivity index (χ1v) is 9.18. The number of anilines is 1. The molecule has 0 bridgehead atoms. The highest BCUT2D eigenvalue weighted by atomic mass is 16.5. The van der Waals surface area contributed by atoms with Crippen molar-refractivity contribution in [2.45, 2.75) is 31.9 Å². The first-order valence-electron chi connectivity index (χ1n) is 9.18. The Hall–Kier alpha value is -1.79. The number of likely N-dealkylation sites (tertiary alicyclic amines) is 1. The molecular formula is C19H29N3O3. The molecule has 0 aliphatic carbocycles. The van der Waals surface area contributed by atoms with Gasteiger partial charge in [0.15, 0.2) is 0 Å². The molecule has 1 aromatic carbocycles. The summed E-state index contributed by atoms with van der Waals surface area (Å²) in [7, 11) is 1.71. The van der Waals surface area contributed by atoms with Gasteiger partial charge in [0.2, 0.25) is 0 Å². The van der Waals surface area contributed by atoms with Gasteiger partial charge in [-0.3, -0.25) is 0 Å². The summed E-state index contributed by atoms with van der Waals surface area (Å²) in [5.41, 5.74) is 2.33. The van der Waals surface area contributed by atoms with Crippen molar-refractivity contribution in [2.75, 3.05) is 51.4 Å². The minimum atomic E-state index is -0.0193. The highest BCUT2D eigenvalue weighted by Gasteiger charge is 2.24. The third kappa shape index (κ3) is 4.64. The zero-order valence-electron chi connectivity index (χ0n) is 15.2. The molecule has 2 fully saturated rings. The van der Waals surface area contributed by atoms with Gasteiger partial charge in [0, 0.05) is 39.0 Å². The van der Waals surface area contributed by atoms with Gasteiger partial charge in [0.05, 0.1) is 25.4 Å². The molecule has 2 saturated heterocycles. The molecule has 3 rings (SSSR count). The van der Waals surface area contributed by atoms with Crippen LogP contribution in [0.15, 0.2) is 24.3 Å². The molecule has 25 heavy (non-hydrogen) atoms. The summed E-state index contributed by atoms with van der Waals surface area (Å²) >= 11 is 0. The minimum Gasteiger partial charge on any atom is -0.380 e. The van der Waals surface area contributed by atoms with Crippen LogP contribution >= 0.6 is 0 Å². The summed E-state index contributed by atoms with van der Waals surface area (Å²) in [4.78, 5) is 16.7. The van der Waals surface area contributed by atoms with Crippen LogP contribution in [-0.4, -0.2) is 63.5 Å². The molecule has 1 N–H and O–H groups in total. The van der Waals surface area contributed by atoms with E-state index in [1.807, 2.05) is 11.8 Å². The van der Waals surface area contributed by atoms with E-state index in [4.69, 9.17) is 9.47 Å². The molecule has 2 heterocycles. The van der Waals surface area contributed by atoms with E-state index in [0.29, 0.717) is 6.54 Å². The lowest BCUT2D eigenvalue weighted by Crippen LogP contribution is -2.48. The third-order valence-electron chi connectivity index (χ3n) is 5.11. The van der Waals surface area contributed by atoms with Crippen LogP contribution in [0.1, 0.15) is 31.4 Å². The van der Waals surface area contributed by atoms with E-state index < -0.39 is 0 Å². The molecule has 0 radical (unpaired) electrons. The van der Waals surface area contributed by atoms with Crippen LogP contribution in [0.2, 0.25) is 0 Å². The highest BCUT2D eigenvalue weighted by Crippen LogP contribution is 2.21. The molecule has 6 nitrogen and oxygen atoms in total. The van der Waals surface area contributed by atoms with Gasteiger partial charge < -0.3 is 24.6 Å². The van der Waals surface area contributed by atoms with E-state index in [1.165, 1.54) is 5.69 Å². The number of nitrogens with one attached hydrogen (secondary N) is 1. The first kappa shape index (κ1) is 18.0. The second kappa shape index (κ2) is 8.54. The first-order chi connectivity index (χ1) is 12.2. The summed E-state index contributed by atoms with van der Waals surface area (Å²) in [6, 6.07) is 8.44. The Labute approximate surface area is 150 Å². The number of hydrogen-bond donors (Lipinski definition) is 1. The second-order valence-corrected chi connectivity index (χ2v) is 6.81. The van der Waals surface area contributed by atoms with E-state index >= 15 is 0 Å². The van der Waals surface area contributed by atoms with Crippen LogP contribution in [0.4, 0.5) is 10.5 Å². The SMILES string of the molecule is CO[C@@H]1CCCN(C(=O)N[C@H](C)c2ccc(N3CCOCC3)cc2)C1. The minimum absolute atomic E-state index is 0.00786. The monoisotopic (exact) mass is 347 g/mol. The number of nitrogens with zero attached hydrogens (tertiary/aromatic N) is 2. The van der Waals surface area contributed by atoms with Crippen LogP contribution in [0.5, 0.6) is 0 Å². The lowest BCUT2D eigenvalue weighted by atomic mass is 10.1. The Balaban J connectivity index is 1.55. The zero-order chi connectivity index (χ0) is 17.6. The molecule has 2 aliphatic heterocycles. The number of urea groups is 1. The fraction of sp³-hybridized carbons (Fsp3) is 0.632. The van der Waals surface area contributed by atoms with Crippen molar-refractivity contribution >= 4 is 11.7 Å². The van der Waals surface area contributed by atoms with Gasteiger partial charge in [-0.15, -0.1) is 0 Å². The number of carbonyl (C=O) groups is 1. The van der Waals surface area contributed by atoms with Gasteiger partial charge in [0.1, 0.15) is 0 Å². The number of methoxy groups -OCH3 is 1. The van der Waals surface area contributed by atoms with Gasteiger partial charge >= 0.3 is 6.03 Å². The van der Waals surface area contributed by atoms with Crippen LogP contribution in [0.3, 0.4) is 0 Å². The van der Waals surface area contributed by atoms with E-state index in [9.17, 15) is 4.79 Å². The number of carbonyl (C=O) groups excluding carboxylic acids is 1. The predicted molar refractivity (Wildman–Crippen MR) is 98.0 cm³/mol. The summed E-state index contributed by atoms with van der Waals surface area (Å²) in [5, 5.41) is 3.11. The number of amides is 2. The Morgan fingerprint density at radius 1 is 1.24 bits per heavy atom. The Morgan fingerprint density at radius 3 is 2.64 bits per heavy atom. The standard InChI is InChI=1S/C19H29N3O3/c1-15(20-19(23)22-9-3-4-18(14-22)24-2)16-5-7-17(8-6-16)21-10-12-25-13-11-21/h5-8,15,18H,3-4,9-14H2,1-2H3,(H,20,23)/t15-,18-/m1/s1. The van der Waals surface area contributed by atoms with Crippen molar-refractivity contribution in [3.63, 3.8) is 0 Å². The van der Waals surface area contributed by atoms with Gasteiger partial charge in [-0.2, -0.15) is 0 Å². The summed E-state index contributed by atoms with van der Waals surface area (Å²) < 4.78 is 10.8. The van der Waals surface area contributed by atoms with Crippen molar-refractivity contribution in [2.24, 2.45) is 0 Å². The Kier molecular flexibility index (Phi) is 6.15. The van der Waals surface area contributed by atoms with E-state index in [0.717, 1.165) is 51.3 Å². The molecule has 0 unspecified atom stereocenters. The van der Waals surface area contributed by atoms with Crippen molar-refractivity contribution in [1.29, 1.82) is 0 Å². The highest BCUT2D eigenvalue weighted by molar-refractivity contribution is 5.75. The molecule has 138 valence electrons. The molecule has 1 aromatic rings. The fourth-order valence-electron chi connectivity index (χ4n) is 3.47. The van der Waals surface area contributed by atoms with E-state index in [1.54, 1.807) is 7.11 Å². The third-order valence-corrected chi connectivity index (χ3v) is 5.11. The maximum Gasteiger partial charge on any atom is 0.317 e. The normalized spacial score (nSPS) is 22.6. The van der Waals surface area contributed by atoms with E-state index in [2.05, 4.69) is 34.5 Å². The summed E-state index contributed by atoms with van der Waals surface area (Å²) in [6.07, 6.45) is 2.18. The Bertz CT molecular complexity index is 558. The summed E-state index contributed by atoms with van der Waals surface area (Å²) in [5.74, 6) is 0. The van der Waals surface area contributed by atoms with Gasteiger partial charge in [0.25, 0.3) is 0 Å². The number of piperidine rings is 1. The van der Waals surface area contributed by atoms with Crippen molar-refractivity contribution in [1.82, 2.24) is 10.2 Å². The lowest BCUT2D eigenvalue weighted by Gasteiger charge is -2.33. The van der Waals surface area contributed by atoms with Crippen LogP contribution in [-0.2, 0) is 9.47 Å². The second-order valence-electron chi connectivity index (χ2n) is 6.81. The zero-order valence-corrected chi connectivity index (χ0v) is 15.2. The fourth-order valence-corrected chi connectivity index (χ4v) is 3.47. The molecule has 2 atom stereocenters. The number of ether oxygens (including phenoxy) is 2.